The number of carbonyl (C=O) groups is 2. The van der Waals surface area contributed by atoms with Crippen molar-refractivity contribution < 1.29 is 19.1 Å². The molecule has 1 aromatic heterocycles. The minimum atomic E-state index is -0.513. The van der Waals surface area contributed by atoms with Gasteiger partial charge in [-0.3, -0.25) is 10.1 Å². The van der Waals surface area contributed by atoms with Gasteiger partial charge in [-0.05, 0) is 33.6 Å². The molecule has 2 amide bonds. The third-order valence-corrected chi connectivity index (χ3v) is 4.93. The van der Waals surface area contributed by atoms with Crippen LogP contribution >= 0.6 is 23.1 Å². The monoisotopic (exact) mass is 388 g/mol. The van der Waals surface area contributed by atoms with Gasteiger partial charge in [0.15, 0.2) is 0 Å². The van der Waals surface area contributed by atoms with E-state index in [1.54, 1.807) is 0 Å². The molecule has 25 heavy (non-hydrogen) atoms. The molecule has 1 aliphatic heterocycles. The first kappa shape index (κ1) is 19.9. The maximum Gasteiger partial charge on any atom is 0.407 e. The highest BCUT2D eigenvalue weighted by Crippen LogP contribution is 2.31. The van der Waals surface area contributed by atoms with Gasteiger partial charge in [0.2, 0.25) is 11.0 Å². The second-order valence-corrected chi connectivity index (χ2v) is 8.59. The largest absolute Gasteiger partial charge is 0.444 e. The van der Waals surface area contributed by atoms with E-state index in [1.165, 1.54) is 23.1 Å². The summed E-state index contributed by atoms with van der Waals surface area (Å²) in [5, 5.41) is 14.7. The van der Waals surface area contributed by atoms with Crippen molar-refractivity contribution in [3.63, 3.8) is 0 Å². The van der Waals surface area contributed by atoms with Crippen molar-refractivity contribution in [3.05, 3.63) is 5.01 Å². The molecule has 8 nitrogen and oxygen atoms in total. The van der Waals surface area contributed by atoms with Gasteiger partial charge in [0.1, 0.15) is 16.7 Å². The lowest BCUT2D eigenvalue weighted by atomic mass is 10.2. The average Bonchev–Trinajstić information content (AvgIpc) is 3.15. The molecule has 2 heterocycles. The van der Waals surface area contributed by atoms with E-state index < -0.39 is 11.7 Å². The summed E-state index contributed by atoms with van der Waals surface area (Å²) in [4.78, 5) is 23.4. The van der Waals surface area contributed by atoms with Gasteiger partial charge in [-0.25, -0.2) is 4.79 Å². The molecule has 1 fully saturated rings. The second-order valence-electron chi connectivity index (χ2n) is 6.48. The molecule has 2 N–H and O–H groups in total. The Hall–Kier alpha value is -1.39. The van der Waals surface area contributed by atoms with E-state index in [9.17, 15) is 9.59 Å². The highest BCUT2D eigenvalue weighted by molar-refractivity contribution is 7.99. The maximum atomic E-state index is 11.9. The Kier molecular flexibility index (Phi) is 7.45. The van der Waals surface area contributed by atoms with Crippen LogP contribution in [0, 0.1) is 0 Å². The molecule has 0 saturated carbocycles. The lowest BCUT2D eigenvalue weighted by Gasteiger charge is -2.19. The molecule has 0 radical (unpaired) electrons. The number of aromatic nitrogens is 2. The molecule has 0 aliphatic carbocycles. The van der Waals surface area contributed by atoms with Crippen LogP contribution in [-0.2, 0) is 14.3 Å². The highest BCUT2D eigenvalue weighted by atomic mass is 32.2. The molecule has 1 aliphatic rings. The van der Waals surface area contributed by atoms with Crippen LogP contribution in [0.3, 0.4) is 0 Å². The Morgan fingerprint density at radius 2 is 2.20 bits per heavy atom. The average molecular weight is 389 g/mol. The fourth-order valence-electron chi connectivity index (χ4n) is 2.05. The van der Waals surface area contributed by atoms with Crippen molar-refractivity contribution in [2.75, 3.05) is 30.0 Å². The summed E-state index contributed by atoms with van der Waals surface area (Å²) in [7, 11) is 0. The molecule has 0 aromatic carbocycles. The van der Waals surface area contributed by atoms with Crippen LogP contribution < -0.4 is 10.6 Å². The van der Waals surface area contributed by atoms with Gasteiger partial charge < -0.3 is 14.8 Å². The molecule has 0 bridgehead atoms. The second kappa shape index (κ2) is 9.35. The van der Waals surface area contributed by atoms with E-state index in [1.807, 2.05) is 20.8 Å². The Morgan fingerprint density at radius 3 is 2.88 bits per heavy atom. The van der Waals surface area contributed by atoms with Gasteiger partial charge in [0.25, 0.3) is 0 Å². The van der Waals surface area contributed by atoms with Crippen LogP contribution in [-0.4, -0.2) is 52.5 Å². The number of ether oxygens (including phenoxy) is 2. The number of nitrogens with one attached hydrogen (secondary N) is 2. The van der Waals surface area contributed by atoms with Gasteiger partial charge in [0, 0.05) is 18.9 Å². The number of nitrogens with zero attached hydrogens (tertiary/aromatic N) is 2. The number of amides is 2. The molecule has 1 saturated heterocycles. The number of anilines is 1. The number of hydrogen-bond donors (Lipinski definition) is 2. The smallest absolute Gasteiger partial charge is 0.407 e. The predicted octanol–water partition coefficient (Wildman–Crippen LogP) is 2.59. The first-order valence-electron chi connectivity index (χ1n) is 8.13. The molecular formula is C15H24N4O4S2. The lowest BCUT2D eigenvalue weighted by Crippen LogP contribution is -2.33. The van der Waals surface area contributed by atoms with Crippen LogP contribution in [0.2, 0.25) is 0 Å². The van der Waals surface area contributed by atoms with Gasteiger partial charge in [-0.2, -0.15) is 11.8 Å². The Balaban J connectivity index is 1.59. The summed E-state index contributed by atoms with van der Waals surface area (Å²) >= 11 is 2.77. The summed E-state index contributed by atoms with van der Waals surface area (Å²) in [6, 6.07) is 0. The van der Waals surface area contributed by atoms with E-state index in [4.69, 9.17) is 9.47 Å². The standard InChI is InChI=1S/C15H24N4O4S2/c1-15(2,3)23-14(21)16-6-8-24-9-11(20)17-13-19-18-12(25-13)10-5-4-7-22-10/h10H,4-9H2,1-3H3,(H,16,21)(H,17,19,20). The van der Waals surface area contributed by atoms with E-state index in [0.29, 0.717) is 17.4 Å². The third-order valence-electron chi connectivity index (χ3n) is 3.04. The summed E-state index contributed by atoms with van der Waals surface area (Å²) in [6.07, 6.45) is 1.53. The summed E-state index contributed by atoms with van der Waals surface area (Å²) in [5.41, 5.74) is -0.513. The van der Waals surface area contributed by atoms with Crippen molar-refractivity contribution in [2.45, 2.75) is 45.3 Å². The summed E-state index contributed by atoms with van der Waals surface area (Å²) < 4.78 is 10.7. The Morgan fingerprint density at radius 1 is 1.40 bits per heavy atom. The van der Waals surface area contributed by atoms with Crippen LogP contribution in [0.1, 0.15) is 44.7 Å². The molecule has 140 valence electrons. The fourth-order valence-corrected chi connectivity index (χ4v) is 3.54. The summed E-state index contributed by atoms with van der Waals surface area (Å²) in [6.45, 7) is 6.62. The van der Waals surface area contributed by atoms with Gasteiger partial charge in [-0.1, -0.05) is 11.3 Å². The molecular weight excluding hydrogens is 364 g/mol. The number of carbonyl (C=O) groups excluding carboxylic acids is 2. The van der Waals surface area contributed by atoms with Gasteiger partial charge in [0.05, 0.1) is 5.75 Å². The van der Waals surface area contributed by atoms with Crippen molar-refractivity contribution in [2.24, 2.45) is 0 Å². The topological polar surface area (TPSA) is 102 Å². The molecule has 0 spiro atoms. The predicted molar refractivity (Wildman–Crippen MR) is 98.0 cm³/mol. The minimum Gasteiger partial charge on any atom is -0.444 e. The Labute approximate surface area is 155 Å². The fraction of sp³-hybridized carbons (Fsp3) is 0.733. The van der Waals surface area contributed by atoms with Gasteiger partial charge in [-0.15, -0.1) is 10.2 Å². The van der Waals surface area contributed by atoms with Crippen LogP contribution in [0.4, 0.5) is 9.93 Å². The van der Waals surface area contributed by atoms with E-state index in [-0.39, 0.29) is 17.8 Å². The van der Waals surface area contributed by atoms with E-state index in [0.717, 1.165) is 24.5 Å². The summed E-state index contributed by atoms with van der Waals surface area (Å²) in [5.74, 6) is 0.756. The van der Waals surface area contributed by atoms with Crippen LogP contribution in [0.5, 0.6) is 0 Å². The lowest BCUT2D eigenvalue weighted by molar-refractivity contribution is -0.113. The first-order valence-corrected chi connectivity index (χ1v) is 10.1. The molecule has 2 rings (SSSR count). The van der Waals surface area contributed by atoms with Gasteiger partial charge >= 0.3 is 6.09 Å². The highest BCUT2D eigenvalue weighted by Gasteiger charge is 2.22. The normalized spacial score (nSPS) is 17.3. The first-order chi connectivity index (χ1) is 11.8. The zero-order chi connectivity index (χ0) is 18.3. The van der Waals surface area contributed by atoms with Crippen LogP contribution in [0.25, 0.3) is 0 Å². The van der Waals surface area contributed by atoms with Crippen molar-refractivity contribution in [1.82, 2.24) is 15.5 Å². The zero-order valence-corrected chi connectivity index (χ0v) is 16.3. The number of rotatable bonds is 7. The molecule has 10 heteroatoms. The zero-order valence-electron chi connectivity index (χ0n) is 14.7. The maximum absolute atomic E-state index is 11.9. The number of hydrogen-bond acceptors (Lipinski definition) is 8. The van der Waals surface area contributed by atoms with E-state index in [2.05, 4.69) is 20.8 Å². The molecule has 1 aromatic rings. The number of alkyl carbamates (subject to hydrolysis) is 1. The Bertz CT molecular complexity index is 582. The minimum absolute atomic E-state index is 0.0106. The quantitative estimate of drug-likeness (QED) is 0.692. The van der Waals surface area contributed by atoms with Crippen molar-refractivity contribution in [3.8, 4) is 0 Å². The third kappa shape index (κ3) is 7.57. The van der Waals surface area contributed by atoms with Crippen LogP contribution in [0.15, 0.2) is 0 Å². The molecule has 1 atom stereocenters. The van der Waals surface area contributed by atoms with E-state index >= 15 is 0 Å². The van der Waals surface area contributed by atoms with Crippen molar-refractivity contribution >= 4 is 40.2 Å². The van der Waals surface area contributed by atoms with Crippen molar-refractivity contribution in [1.29, 1.82) is 0 Å². The number of thioether (sulfide) groups is 1. The molecule has 1 unspecified atom stereocenters. The SMILES string of the molecule is CC(C)(C)OC(=O)NCCSCC(=O)Nc1nnc(C2CCCO2)s1.